The van der Waals surface area contributed by atoms with Crippen molar-refractivity contribution in [2.45, 2.75) is 19.4 Å². The monoisotopic (exact) mass is 273 g/mol. The maximum atomic E-state index is 12.9. The summed E-state index contributed by atoms with van der Waals surface area (Å²) in [5.74, 6) is -0.144. The molecule has 3 nitrogen and oxygen atoms in total. The minimum absolute atomic E-state index is 0.135. The Hall–Kier alpha value is -1.13. The molecule has 0 spiro atoms. The second kappa shape index (κ2) is 7.34. The lowest BCUT2D eigenvalue weighted by molar-refractivity contribution is 0.0894. The SMILES string of the molecule is COCC(CCCl)NC(=O)c1ccc(F)cc1C. The molecular weight excluding hydrogens is 257 g/mol. The third kappa shape index (κ3) is 4.27. The lowest BCUT2D eigenvalue weighted by atomic mass is 10.1. The van der Waals surface area contributed by atoms with Crippen molar-refractivity contribution in [2.24, 2.45) is 0 Å². The van der Waals surface area contributed by atoms with Crippen LogP contribution in [-0.4, -0.2) is 31.5 Å². The van der Waals surface area contributed by atoms with Crippen molar-refractivity contribution in [1.82, 2.24) is 5.32 Å². The van der Waals surface area contributed by atoms with Crippen molar-refractivity contribution in [3.05, 3.63) is 35.1 Å². The van der Waals surface area contributed by atoms with E-state index in [-0.39, 0.29) is 17.8 Å². The summed E-state index contributed by atoms with van der Waals surface area (Å²) in [4.78, 5) is 12.0. The number of carbonyl (C=O) groups excluding carboxylic acids is 1. The van der Waals surface area contributed by atoms with E-state index < -0.39 is 0 Å². The number of rotatable bonds is 6. The number of carbonyl (C=O) groups is 1. The smallest absolute Gasteiger partial charge is 0.251 e. The number of hydrogen-bond donors (Lipinski definition) is 1. The molecule has 1 N–H and O–H groups in total. The topological polar surface area (TPSA) is 38.3 Å². The Labute approximate surface area is 111 Å². The zero-order valence-corrected chi connectivity index (χ0v) is 11.3. The van der Waals surface area contributed by atoms with Gasteiger partial charge in [0.25, 0.3) is 5.91 Å². The molecule has 1 aromatic carbocycles. The fourth-order valence-electron chi connectivity index (χ4n) is 1.68. The van der Waals surface area contributed by atoms with E-state index in [9.17, 15) is 9.18 Å². The maximum absolute atomic E-state index is 12.9. The second-order valence-corrected chi connectivity index (χ2v) is 4.44. The summed E-state index contributed by atoms with van der Waals surface area (Å²) in [6.45, 7) is 2.10. The fraction of sp³-hybridized carbons (Fsp3) is 0.462. The van der Waals surface area contributed by atoms with Crippen LogP contribution in [0, 0.1) is 12.7 Å². The molecule has 0 aliphatic rings. The van der Waals surface area contributed by atoms with Crippen molar-refractivity contribution in [3.8, 4) is 0 Å². The molecule has 1 aromatic rings. The first kappa shape index (κ1) is 14.9. The van der Waals surface area contributed by atoms with Crippen LogP contribution in [0.5, 0.6) is 0 Å². The molecule has 1 amide bonds. The van der Waals surface area contributed by atoms with Crippen LogP contribution in [0.2, 0.25) is 0 Å². The van der Waals surface area contributed by atoms with Gasteiger partial charge in [-0.25, -0.2) is 4.39 Å². The lowest BCUT2D eigenvalue weighted by Crippen LogP contribution is -2.38. The number of amides is 1. The van der Waals surface area contributed by atoms with Gasteiger partial charge in [0.2, 0.25) is 0 Å². The second-order valence-electron chi connectivity index (χ2n) is 4.06. The molecule has 5 heteroatoms. The van der Waals surface area contributed by atoms with Crippen LogP contribution in [-0.2, 0) is 4.74 Å². The molecule has 1 rings (SSSR count). The Kier molecular flexibility index (Phi) is 6.09. The number of ether oxygens (including phenoxy) is 1. The highest BCUT2D eigenvalue weighted by atomic mass is 35.5. The summed E-state index contributed by atoms with van der Waals surface area (Å²) in [5, 5.41) is 2.82. The summed E-state index contributed by atoms with van der Waals surface area (Å²) in [6.07, 6.45) is 0.626. The van der Waals surface area contributed by atoms with Gasteiger partial charge in [-0.1, -0.05) is 0 Å². The Balaban J connectivity index is 2.73. The zero-order valence-electron chi connectivity index (χ0n) is 10.5. The first-order valence-electron chi connectivity index (χ1n) is 5.70. The third-order valence-electron chi connectivity index (χ3n) is 2.59. The molecule has 0 bridgehead atoms. The quantitative estimate of drug-likeness (QED) is 0.809. The predicted molar refractivity (Wildman–Crippen MR) is 69.6 cm³/mol. The van der Waals surface area contributed by atoms with Crippen LogP contribution in [0.4, 0.5) is 4.39 Å². The van der Waals surface area contributed by atoms with Gasteiger partial charge < -0.3 is 10.1 Å². The van der Waals surface area contributed by atoms with Crippen LogP contribution in [0.3, 0.4) is 0 Å². The maximum Gasteiger partial charge on any atom is 0.251 e. The molecule has 0 heterocycles. The van der Waals surface area contributed by atoms with Gasteiger partial charge in [-0.3, -0.25) is 4.79 Å². The zero-order chi connectivity index (χ0) is 13.5. The normalized spacial score (nSPS) is 12.2. The molecule has 0 radical (unpaired) electrons. The van der Waals surface area contributed by atoms with E-state index in [0.717, 1.165) is 0 Å². The molecule has 1 atom stereocenters. The van der Waals surface area contributed by atoms with E-state index in [0.29, 0.717) is 30.0 Å². The van der Waals surface area contributed by atoms with Crippen LogP contribution in [0.1, 0.15) is 22.3 Å². The number of halogens is 2. The number of hydrogen-bond acceptors (Lipinski definition) is 2. The number of methoxy groups -OCH3 is 1. The van der Waals surface area contributed by atoms with Crippen molar-refractivity contribution >= 4 is 17.5 Å². The Morgan fingerprint density at radius 2 is 2.28 bits per heavy atom. The fourth-order valence-corrected chi connectivity index (χ4v) is 1.94. The third-order valence-corrected chi connectivity index (χ3v) is 2.81. The summed E-state index contributed by atoms with van der Waals surface area (Å²) >= 11 is 5.66. The van der Waals surface area contributed by atoms with Crippen LogP contribution < -0.4 is 5.32 Å². The lowest BCUT2D eigenvalue weighted by Gasteiger charge is -2.17. The first-order valence-corrected chi connectivity index (χ1v) is 6.24. The Morgan fingerprint density at radius 1 is 1.56 bits per heavy atom. The number of nitrogens with one attached hydrogen (secondary N) is 1. The van der Waals surface area contributed by atoms with E-state index in [1.165, 1.54) is 18.2 Å². The van der Waals surface area contributed by atoms with Gasteiger partial charge in [0.15, 0.2) is 0 Å². The number of benzene rings is 1. The first-order chi connectivity index (χ1) is 8.58. The largest absolute Gasteiger partial charge is 0.383 e. The highest BCUT2D eigenvalue weighted by Gasteiger charge is 2.15. The van der Waals surface area contributed by atoms with E-state index in [1.54, 1.807) is 14.0 Å². The highest BCUT2D eigenvalue weighted by Crippen LogP contribution is 2.10. The minimum atomic E-state index is -0.349. The predicted octanol–water partition coefficient (Wildman–Crippen LogP) is 2.51. The highest BCUT2D eigenvalue weighted by molar-refractivity contribution is 6.17. The summed E-state index contributed by atoms with van der Waals surface area (Å²) in [7, 11) is 1.57. The molecule has 1 unspecified atom stereocenters. The van der Waals surface area contributed by atoms with Crippen molar-refractivity contribution in [3.63, 3.8) is 0 Å². The Morgan fingerprint density at radius 3 is 2.83 bits per heavy atom. The van der Waals surface area contributed by atoms with Gasteiger partial charge in [-0.05, 0) is 37.1 Å². The average molecular weight is 274 g/mol. The van der Waals surface area contributed by atoms with E-state index >= 15 is 0 Å². The van der Waals surface area contributed by atoms with Crippen LogP contribution in [0.25, 0.3) is 0 Å². The molecule has 0 saturated carbocycles. The Bertz CT molecular complexity index is 406. The van der Waals surface area contributed by atoms with Crippen LogP contribution in [0.15, 0.2) is 18.2 Å². The molecule has 0 aliphatic carbocycles. The standard InChI is InChI=1S/C13H17ClFNO2/c1-9-7-10(15)3-4-12(9)13(17)16-11(5-6-14)8-18-2/h3-4,7,11H,5-6,8H2,1-2H3,(H,16,17). The molecule has 0 saturated heterocycles. The number of aryl methyl sites for hydroxylation is 1. The van der Waals surface area contributed by atoms with Gasteiger partial charge in [0.1, 0.15) is 5.82 Å². The molecule has 0 fully saturated rings. The van der Waals surface area contributed by atoms with Gasteiger partial charge in [0.05, 0.1) is 12.6 Å². The molecule has 18 heavy (non-hydrogen) atoms. The molecule has 0 aliphatic heterocycles. The summed E-state index contributed by atoms with van der Waals surface area (Å²) in [5.41, 5.74) is 1.07. The van der Waals surface area contributed by atoms with E-state index in [2.05, 4.69) is 5.32 Å². The van der Waals surface area contributed by atoms with Gasteiger partial charge >= 0.3 is 0 Å². The van der Waals surface area contributed by atoms with Crippen LogP contribution >= 0.6 is 11.6 Å². The van der Waals surface area contributed by atoms with Crippen molar-refractivity contribution in [2.75, 3.05) is 19.6 Å². The van der Waals surface area contributed by atoms with Gasteiger partial charge in [-0.2, -0.15) is 0 Å². The molecular formula is C13H17ClFNO2. The summed E-state index contributed by atoms with van der Waals surface area (Å²) < 4.78 is 18.0. The van der Waals surface area contributed by atoms with Crippen molar-refractivity contribution in [1.29, 1.82) is 0 Å². The number of alkyl halides is 1. The van der Waals surface area contributed by atoms with E-state index in [4.69, 9.17) is 16.3 Å². The summed E-state index contributed by atoms with van der Waals surface area (Å²) in [6, 6.07) is 3.95. The average Bonchev–Trinajstić information content (AvgIpc) is 2.29. The van der Waals surface area contributed by atoms with E-state index in [1.807, 2.05) is 0 Å². The van der Waals surface area contributed by atoms with Crippen molar-refractivity contribution < 1.29 is 13.9 Å². The molecule has 100 valence electrons. The van der Waals surface area contributed by atoms with Gasteiger partial charge in [0, 0.05) is 18.6 Å². The minimum Gasteiger partial charge on any atom is -0.383 e. The van der Waals surface area contributed by atoms with Gasteiger partial charge in [-0.15, -0.1) is 11.6 Å². The molecule has 0 aromatic heterocycles.